The number of thiazole rings is 1. The molecule has 1 N–H and O–H groups in total. The van der Waals surface area contributed by atoms with Crippen LogP contribution in [0.2, 0.25) is 0 Å². The number of carbonyl (C=O) groups excluding carboxylic acids is 1. The van der Waals surface area contributed by atoms with Gasteiger partial charge in [-0.05, 0) is 94.2 Å². The Morgan fingerprint density at radius 3 is 2.51 bits per heavy atom. The zero-order chi connectivity index (χ0) is 31.5. The number of ether oxygens (including phenoxy) is 1. The molecule has 0 saturated heterocycles. The van der Waals surface area contributed by atoms with Gasteiger partial charge >= 0.3 is 0 Å². The SMILES string of the molecule is CC1=C(C(=O)Nc2ccccc2)[C@@H](c2ccc(F)cc2)n2c(s/c(=C\c3ccc(OCc4ccc(C#N)cc4)c(Br)c3)c2=O)=N1. The molecule has 0 saturated carbocycles. The number of para-hydroxylation sites is 1. The lowest BCUT2D eigenvalue weighted by Gasteiger charge is -2.25. The lowest BCUT2D eigenvalue weighted by molar-refractivity contribution is -0.113. The van der Waals surface area contributed by atoms with E-state index in [1.807, 2.05) is 48.5 Å². The van der Waals surface area contributed by atoms with Crippen LogP contribution in [0.1, 0.15) is 35.2 Å². The molecule has 1 amide bonds. The Hall–Kier alpha value is -5.11. The average Bonchev–Trinajstić information content (AvgIpc) is 3.34. The van der Waals surface area contributed by atoms with Crippen molar-refractivity contribution >= 4 is 44.9 Å². The number of aromatic nitrogens is 1. The minimum Gasteiger partial charge on any atom is -0.488 e. The van der Waals surface area contributed by atoms with Crippen molar-refractivity contribution in [1.29, 1.82) is 5.26 Å². The highest BCUT2D eigenvalue weighted by atomic mass is 79.9. The van der Waals surface area contributed by atoms with Gasteiger partial charge in [-0.25, -0.2) is 9.38 Å². The van der Waals surface area contributed by atoms with Gasteiger partial charge in [0.2, 0.25) is 0 Å². The lowest BCUT2D eigenvalue weighted by Crippen LogP contribution is -2.40. The van der Waals surface area contributed by atoms with Crippen molar-refractivity contribution in [2.45, 2.75) is 19.6 Å². The number of allylic oxidation sites excluding steroid dienone is 1. The molecule has 1 aliphatic rings. The molecule has 0 radical (unpaired) electrons. The summed E-state index contributed by atoms with van der Waals surface area (Å²) in [5.74, 6) is -0.192. The summed E-state index contributed by atoms with van der Waals surface area (Å²) in [6.45, 7) is 2.06. The normalized spacial score (nSPS) is 14.4. The molecule has 10 heteroatoms. The molecule has 1 aromatic heterocycles. The van der Waals surface area contributed by atoms with Crippen molar-refractivity contribution < 1.29 is 13.9 Å². The van der Waals surface area contributed by atoms with E-state index in [0.29, 0.717) is 54.2 Å². The molecule has 4 aromatic carbocycles. The number of halogens is 2. The molecule has 0 bridgehead atoms. The quantitative estimate of drug-likeness (QED) is 0.221. The number of rotatable bonds is 7. The van der Waals surface area contributed by atoms with Crippen LogP contribution in [-0.4, -0.2) is 10.5 Å². The van der Waals surface area contributed by atoms with Crippen LogP contribution in [0.15, 0.2) is 123 Å². The Kier molecular flexibility index (Phi) is 8.56. The number of hydrogen-bond donors (Lipinski definition) is 1. The van der Waals surface area contributed by atoms with Crippen molar-refractivity contribution in [2.24, 2.45) is 4.99 Å². The predicted molar refractivity (Wildman–Crippen MR) is 175 cm³/mol. The maximum absolute atomic E-state index is 14.0. The molecule has 0 spiro atoms. The molecule has 2 heterocycles. The Labute approximate surface area is 270 Å². The number of nitrogens with zero attached hydrogens (tertiary/aromatic N) is 3. The Balaban J connectivity index is 1.34. The monoisotopic (exact) mass is 678 g/mol. The average molecular weight is 680 g/mol. The Bertz CT molecular complexity index is 2170. The van der Waals surface area contributed by atoms with Crippen LogP contribution in [0, 0.1) is 17.1 Å². The van der Waals surface area contributed by atoms with Crippen molar-refractivity contribution in [2.75, 3.05) is 5.32 Å². The number of fused-ring (bicyclic) bond motifs is 1. The number of carbonyl (C=O) groups is 1. The molecule has 0 fully saturated rings. The van der Waals surface area contributed by atoms with E-state index in [2.05, 4.69) is 32.3 Å². The minimum absolute atomic E-state index is 0.302. The van der Waals surface area contributed by atoms with Crippen molar-refractivity contribution in [3.8, 4) is 11.8 Å². The third kappa shape index (κ3) is 6.41. The number of benzene rings is 4. The number of nitriles is 1. The summed E-state index contributed by atoms with van der Waals surface area (Å²) in [5.41, 5.74) is 3.91. The van der Waals surface area contributed by atoms with E-state index in [1.165, 1.54) is 28.0 Å². The van der Waals surface area contributed by atoms with Gasteiger partial charge in [0.1, 0.15) is 18.2 Å². The minimum atomic E-state index is -0.808. The van der Waals surface area contributed by atoms with E-state index in [9.17, 15) is 14.0 Å². The van der Waals surface area contributed by atoms with E-state index < -0.39 is 17.8 Å². The third-order valence-electron chi connectivity index (χ3n) is 7.21. The molecule has 1 atom stereocenters. The van der Waals surface area contributed by atoms with Gasteiger partial charge < -0.3 is 10.1 Å². The summed E-state index contributed by atoms with van der Waals surface area (Å²) < 4.78 is 22.5. The van der Waals surface area contributed by atoms with Crippen LogP contribution in [0.25, 0.3) is 6.08 Å². The fourth-order valence-electron chi connectivity index (χ4n) is 5.00. The molecule has 0 unspecified atom stereocenters. The molecule has 6 rings (SSSR count). The van der Waals surface area contributed by atoms with E-state index in [1.54, 1.807) is 49.4 Å². The van der Waals surface area contributed by atoms with E-state index >= 15 is 0 Å². The fraction of sp³-hybridized carbons (Fsp3) is 0.0857. The molecular formula is C35H24BrFN4O3S. The second-order valence-electron chi connectivity index (χ2n) is 10.2. The molecule has 0 aliphatic carbocycles. The maximum atomic E-state index is 14.0. The third-order valence-corrected chi connectivity index (χ3v) is 8.82. The molecular weight excluding hydrogens is 655 g/mol. The fourth-order valence-corrected chi connectivity index (χ4v) is 6.56. The first-order valence-electron chi connectivity index (χ1n) is 13.9. The first-order chi connectivity index (χ1) is 21.8. The van der Waals surface area contributed by atoms with E-state index in [0.717, 1.165) is 11.1 Å². The van der Waals surface area contributed by atoms with Crippen molar-refractivity contribution in [3.63, 3.8) is 0 Å². The zero-order valence-corrected chi connectivity index (χ0v) is 26.2. The molecule has 5 aromatic rings. The second kappa shape index (κ2) is 12.9. The van der Waals surface area contributed by atoms with Gasteiger partial charge in [0.25, 0.3) is 11.5 Å². The second-order valence-corrected chi connectivity index (χ2v) is 12.1. The first kappa shape index (κ1) is 29.9. The van der Waals surface area contributed by atoms with Gasteiger partial charge in [-0.3, -0.25) is 14.2 Å². The van der Waals surface area contributed by atoms with E-state index in [-0.39, 0.29) is 5.56 Å². The topological polar surface area (TPSA) is 96.5 Å². The van der Waals surface area contributed by atoms with Gasteiger partial charge in [0.05, 0.1) is 37.9 Å². The van der Waals surface area contributed by atoms with Gasteiger partial charge in [-0.15, -0.1) is 0 Å². The van der Waals surface area contributed by atoms with Crippen LogP contribution in [-0.2, 0) is 11.4 Å². The highest BCUT2D eigenvalue weighted by Gasteiger charge is 2.32. The highest BCUT2D eigenvalue weighted by molar-refractivity contribution is 9.10. The summed E-state index contributed by atoms with van der Waals surface area (Å²) in [7, 11) is 0. The van der Waals surface area contributed by atoms with Gasteiger partial charge in [-0.2, -0.15) is 5.26 Å². The van der Waals surface area contributed by atoms with Crippen LogP contribution >= 0.6 is 27.3 Å². The predicted octanol–water partition coefficient (Wildman–Crippen LogP) is 6.23. The van der Waals surface area contributed by atoms with Gasteiger partial charge in [-0.1, -0.05) is 59.9 Å². The van der Waals surface area contributed by atoms with Crippen LogP contribution in [0.3, 0.4) is 0 Å². The summed E-state index contributed by atoms with van der Waals surface area (Å²) in [6, 6.07) is 28.8. The molecule has 45 heavy (non-hydrogen) atoms. The van der Waals surface area contributed by atoms with E-state index in [4.69, 9.17) is 10.00 Å². The zero-order valence-electron chi connectivity index (χ0n) is 23.8. The first-order valence-corrected chi connectivity index (χ1v) is 15.5. The highest BCUT2D eigenvalue weighted by Crippen LogP contribution is 2.31. The standard InChI is InChI=1S/C35H24BrFN4O3S/c1-21-31(33(42)40-27-5-3-2-4-6-27)32(25-12-14-26(37)15-13-25)41-34(43)30(45-35(41)39-21)18-24-11-16-29(28(36)17-24)44-20-23-9-7-22(19-38)8-10-23/h2-18,32H,20H2,1H3,(H,40,42)/b30-18-/t32-/m1/s1. The number of amides is 1. The maximum Gasteiger partial charge on any atom is 0.271 e. The van der Waals surface area contributed by atoms with Crippen LogP contribution in [0.5, 0.6) is 5.75 Å². The summed E-state index contributed by atoms with van der Waals surface area (Å²) in [6.07, 6.45) is 1.77. The smallest absolute Gasteiger partial charge is 0.271 e. The Morgan fingerprint density at radius 2 is 1.82 bits per heavy atom. The molecule has 1 aliphatic heterocycles. The summed E-state index contributed by atoms with van der Waals surface area (Å²) in [4.78, 5) is 32.7. The van der Waals surface area contributed by atoms with Gasteiger partial charge in [0, 0.05) is 5.69 Å². The summed E-state index contributed by atoms with van der Waals surface area (Å²) >= 11 is 4.79. The number of nitrogens with one attached hydrogen (secondary N) is 1. The number of hydrogen-bond acceptors (Lipinski definition) is 6. The van der Waals surface area contributed by atoms with Crippen LogP contribution in [0.4, 0.5) is 10.1 Å². The van der Waals surface area contributed by atoms with Crippen molar-refractivity contribution in [3.05, 3.63) is 161 Å². The Morgan fingerprint density at radius 1 is 1.09 bits per heavy atom. The lowest BCUT2D eigenvalue weighted by atomic mass is 9.95. The molecule has 7 nitrogen and oxygen atoms in total. The number of anilines is 1. The van der Waals surface area contributed by atoms with Gasteiger partial charge in [0.15, 0.2) is 4.80 Å². The molecule has 222 valence electrons. The summed E-state index contributed by atoms with van der Waals surface area (Å²) in [5, 5.41) is 11.9. The largest absolute Gasteiger partial charge is 0.488 e. The van der Waals surface area contributed by atoms with Crippen molar-refractivity contribution in [1.82, 2.24) is 4.57 Å². The van der Waals surface area contributed by atoms with Crippen LogP contribution < -0.4 is 24.9 Å².